The highest BCUT2D eigenvalue weighted by atomic mass is 32.1. The van der Waals surface area contributed by atoms with Crippen LogP contribution in [0.3, 0.4) is 0 Å². The van der Waals surface area contributed by atoms with Crippen LogP contribution >= 0.6 is 22.7 Å². The van der Waals surface area contributed by atoms with Crippen molar-refractivity contribution in [2.24, 2.45) is 0 Å². The fourth-order valence-corrected chi connectivity index (χ4v) is 4.85. The summed E-state index contributed by atoms with van der Waals surface area (Å²) in [5, 5.41) is 2.37. The third kappa shape index (κ3) is 4.29. The lowest BCUT2D eigenvalue weighted by atomic mass is 10.2. The van der Waals surface area contributed by atoms with Crippen molar-refractivity contribution in [3.8, 4) is 5.75 Å². The number of benzene rings is 2. The Balaban J connectivity index is 1.70. The Bertz CT molecular complexity index is 1230. The molecule has 6 nitrogen and oxygen atoms in total. The molecular formula is C22H21N3O3S2. The minimum Gasteiger partial charge on any atom is -0.494 e. The normalized spacial score (nSPS) is 11.0. The largest absolute Gasteiger partial charge is 0.494 e. The van der Waals surface area contributed by atoms with E-state index in [-0.39, 0.29) is 17.3 Å². The molecule has 154 valence electrons. The molecule has 0 bridgehead atoms. The zero-order valence-corrected chi connectivity index (χ0v) is 18.3. The fourth-order valence-electron chi connectivity index (χ4n) is 3.11. The molecule has 4 rings (SSSR count). The Kier molecular flexibility index (Phi) is 5.96. The minimum absolute atomic E-state index is 0.0128. The zero-order valence-electron chi connectivity index (χ0n) is 16.7. The number of carbonyl (C=O) groups is 1. The first-order chi connectivity index (χ1) is 14.5. The maximum absolute atomic E-state index is 13.3. The second-order valence-electron chi connectivity index (χ2n) is 6.75. The quantitative estimate of drug-likeness (QED) is 0.426. The van der Waals surface area contributed by atoms with Crippen molar-refractivity contribution >= 4 is 43.9 Å². The Morgan fingerprint density at radius 1 is 1.20 bits per heavy atom. The van der Waals surface area contributed by atoms with Crippen LogP contribution in [0.5, 0.6) is 5.75 Å². The molecule has 0 N–H and O–H groups in total. The third-order valence-corrected chi connectivity index (χ3v) is 6.57. The van der Waals surface area contributed by atoms with Crippen molar-refractivity contribution in [2.45, 2.75) is 26.9 Å². The topological polar surface area (TPSA) is 64.4 Å². The van der Waals surface area contributed by atoms with E-state index in [1.807, 2.05) is 62.4 Å². The van der Waals surface area contributed by atoms with Crippen LogP contribution in [0.1, 0.15) is 18.2 Å². The van der Waals surface area contributed by atoms with Gasteiger partial charge in [-0.05, 0) is 37.6 Å². The van der Waals surface area contributed by atoms with Gasteiger partial charge in [0.1, 0.15) is 12.3 Å². The van der Waals surface area contributed by atoms with E-state index < -0.39 is 0 Å². The van der Waals surface area contributed by atoms with Crippen LogP contribution in [-0.4, -0.2) is 22.1 Å². The lowest BCUT2D eigenvalue weighted by molar-refractivity contribution is -0.119. The van der Waals surface area contributed by atoms with Crippen molar-refractivity contribution < 1.29 is 9.53 Å². The minimum atomic E-state index is -0.174. The number of hydrogen-bond acceptors (Lipinski definition) is 6. The van der Waals surface area contributed by atoms with Crippen molar-refractivity contribution in [3.63, 3.8) is 0 Å². The van der Waals surface area contributed by atoms with E-state index in [4.69, 9.17) is 4.74 Å². The molecule has 1 amide bonds. The maximum Gasteiger partial charge on any atom is 0.307 e. The van der Waals surface area contributed by atoms with E-state index in [0.717, 1.165) is 38.6 Å². The van der Waals surface area contributed by atoms with E-state index >= 15 is 0 Å². The summed E-state index contributed by atoms with van der Waals surface area (Å²) in [5.74, 6) is 0.605. The SMILES string of the molecule is CCOc1ccc2nc(N(Cc3ccccc3)C(=O)Cn3c(C)csc3=O)sc2c1. The van der Waals surface area contributed by atoms with Gasteiger partial charge in [-0.2, -0.15) is 0 Å². The smallest absolute Gasteiger partial charge is 0.307 e. The van der Waals surface area contributed by atoms with Crippen molar-refractivity contribution in [3.05, 3.63) is 74.8 Å². The van der Waals surface area contributed by atoms with E-state index in [9.17, 15) is 9.59 Å². The number of rotatable bonds is 7. The second-order valence-corrected chi connectivity index (χ2v) is 8.58. The number of aromatic nitrogens is 2. The number of thiazole rings is 2. The molecule has 4 aromatic rings. The van der Waals surface area contributed by atoms with Gasteiger partial charge in [0.15, 0.2) is 5.13 Å². The lowest BCUT2D eigenvalue weighted by Gasteiger charge is -2.20. The van der Waals surface area contributed by atoms with Crippen LogP contribution in [0.25, 0.3) is 10.2 Å². The zero-order chi connectivity index (χ0) is 21.1. The highest BCUT2D eigenvalue weighted by Gasteiger charge is 2.22. The molecule has 0 radical (unpaired) electrons. The van der Waals surface area contributed by atoms with Crippen LogP contribution in [-0.2, 0) is 17.9 Å². The molecule has 0 aliphatic carbocycles. The van der Waals surface area contributed by atoms with Crippen molar-refractivity contribution in [2.75, 3.05) is 11.5 Å². The number of ether oxygens (including phenoxy) is 1. The average molecular weight is 440 g/mol. The van der Waals surface area contributed by atoms with Crippen LogP contribution in [0, 0.1) is 6.92 Å². The van der Waals surface area contributed by atoms with Gasteiger partial charge in [-0.1, -0.05) is 53.0 Å². The summed E-state index contributed by atoms with van der Waals surface area (Å²) in [7, 11) is 0. The molecule has 0 atom stereocenters. The van der Waals surface area contributed by atoms with Gasteiger partial charge in [-0.25, -0.2) is 4.98 Å². The predicted octanol–water partition coefficient (Wildman–Crippen LogP) is 4.46. The molecule has 0 spiro atoms. The van der Waals surface area contributed by atoms with Gasteiger partial charge in [0.05, 0.1) is 23.4 Å². The molecule has 0 fully saturated rings. The predicted molar refractivity (Wildman–Crippen MR) is 122 cm³/mol. The van der Waals surface area contributed by atoms with Gasteiger partial charge in [-0.15, -0.1) is 0 Å². The molecule has 2 aromatic carbocycles. The molecular weight excluding hydrogens is 418 g/mol. The summed E-state index contributed by atoms with van der Waals surface area (Å²) in [5.41, 5.74) is 2.59. The number of fused-ring (bicyclic) bond motifs is 1. The second kappa shape index (κ2) is 8.81. The monoisotopic (exact) mass is 439 g/mol. The van der Waals surface area contributed by atoms with E-state index in [1.165, 1.54) is 15.9 Å². The van der Waals surface area contributed by atoms with E-state index in [1.54, 1.807) is 10.3 Å². The van der Waals surface area contributed by atoms with Gasteiger partial charge in [0, 0.05) is 11.1 Å². The highest BCUT2D eigenvalue weighted by Crippen LogP contribution is 2.32. The van der Waals surface area contributed by atoms with Gasteiger partial charge in [0.25, 0.3) is 0 Å². The van der Waals surface area contributed by atoms with Gasteiger partial charge in [0.2, 0.25) is 5.91 Å². The summed E-state index contributed by atoms with van der Waals surface area (Å²) >= 11 is 2.55. The number of amides is 1. The van der Waals surface area contributed by atoms with Crippen LogP contribution < -0.4 is 14.5 Å². The molecule has 2 heterocycles. The number of anilines is 1. The lowest BCUT2D eigenvalue weighted by Crippen LogP contribution is -2.35. The number of aryl methyl sites for hydroxylation is 1. The first-order valence-electron chi connectivity index (χ1n) is 9.57. The van der Waals surface area contributed by atoms with E-state index in [2.05, 4.69) is 4.98 Å². The standard InChI is InChI=1S/C22H21N3O3S2/c1-3-28-17-9-10-18-19(11-17)30-21(23-18)25(12-16-7-5-4-6-8-16)20(26)13-24-15(2)14-29-22(24)27/h4-11,14H,3,12-13H2,1-2H3. The van der Waals surface area contributed by atoms with E-state index in [0.29, 0.717) is 18.3 Å². The van der Waals surface area contributed by atoms with Gasteiger partial charge >= 0.3 is 4.87 Å². The van der Waals surface area contributed by atoms with Crippen LogP contribution in [0.2, 0.25) is 0 Å². The Hall–Kier alpha value is -2.97. The van der Waals surface area contributed by atoms with Crippen LogP contribution in [0.4, 0.5) is 5.13 Å². The summed E-state index contributed by atoms with van der Waals surface area (Å²) in [4.78, 5) is 31.6. The number of nitrogens with zero attached hydrogens (tertiary/aromatic N) is 3. The first-order valence-corrected chi connectivity index (χ1v) is 11.3. The Morgan fingerprint density at radius 3 is 2.70 bits per heavy atom. The molecule has 30 heavy (non-hydrogen) atoms. The third-order valence-electron chi connectivity index (χ3n) is 4.64. The van der Waals surface area contributed by atoms with Crippen LogP contribution in [0.15, 0.2) is 58.7 Å². The Labute approximate surface area is 182 Å². The Morgan fingerprint density at radius 2 is 2.00 bits per heavy atom. The summed E-state index contributed by atoms with van der Waals surface area (Å²) in [6, 6.07) is 15.5. The summed E-state index contributed by atoms with van der Waals surface area (Å²) in [6.45, 7) is 4.73. The number of carbonyl (C=O) groups excluding carboxylic acids is 1. The molecule has 0 aliphatic rings. The van der Waals surface area contributed by atoms with Gasteiger partial charge in [-0.3, -0.25) is 19.1 Å². The highest BCUT2D eigenvalue weighted by molar-refractivity contribution is 7.22. The average Bonchev–Trinajstić information content (AvgIpc) is 3.30. The number of hydrogen-bond donors (Lipinski definition) is 0. The summed E-state index contributed by atoms with van der Waals surface area (Å²) < 4.78 is 8.04. The molecule has 0 saturated heterocycles. The first kappa shape index (κ1) is 20.3. The molecule has 0 unspecified atom stereocenters. The van der Waals surface area contributed by atoms with Crippen molar-refractivity contribution in [1.82, 2.24) is 9.55 Å². The molecule has 0 saturated carbocycles. The maximum atomic E-state index is 13.3. The molecule has 2 aromatic heterocycles. The molecule has 8 heteroatoms. The fraction of sp³-hybridized carbons (Fsp3) is 0.227. The summed E-state index contributed by atoms with van der Waals surface area (Å²) in [6.07, 6.45) is 0. The van der Waals surface area contributed by atoms with Crippen molar-refractivity contribution in [1.29, 1.82) is 0 Å². The molecule has 0 aliphatic heterocycles. The van der Waals surface area contributed by atoms with Gasteiger partial charge < -0.3 is 4.74 Å².